The number of benzene rings is 1. The Bertz CT molecular complexity index is 773. The minimum Gasteiger partial charge on any atom is -0.451 e. The zero-order valence-electron chi connectivity index (χ0n) is 13.2. The van der Waals surface area contributed by atoms with Crippen LogP contribution in [-0.4, -0.2) is 31.1 Å². The van der Waals surface area contributed by atoms with E-state index in [0.29, 0.717) is 11.9 Å². The number of carbonyl (C=O) groups excluding carboxylic acids is 3. The van der Waals surface area contributed by atoms with Gasteiger partial charge in [-0.25, -0.2) is 14.0 Å². The average Bonchev–Trinajstić information content (AvgIpc) is 2.93. The van der Waals surface area contributed by atoms with Gasteiger partial charge in [0, 0.05) is 11.2 Å². The van der Waals surface area contributed by atoms with E-state index >= 15 is 0 Å². The molecule has 0 aliphatic carbocycles. The lowest BCUT2D eigenvalue weighted by Gasteiger charge is -2.08. The minimum absolute atomic E-state index is 0.251. The van der Waals surface area contributed by atoms with Crippen LogP contribution in [0, 0.1) is 11.7 Å². The maximum Gasteiger partial charge on any atom is 0.348 e. The van der Waals surface area contributed by atoms with Crippen molar-refractivity contribution in [2.45, 2.75) is 13.8 Å². The lowest BCUT2D eigenvalue weighted by molar-refractivity contribution is -0.123. The summed E-state index contributed by atoms with van der Waals surface area (Å²) in [6, 6.07) is 5.05. The first-order chi connectivity index (χ1) is 11.3. The summed E-state index contributed by atoms with van der Waals surface area (Å²) < 4.78 is 18.7. The van der Waals surface area contributed by atoms with Crippen molar-refractivity contribution in [1.82, 2.24) is 10.6 Å². The van der Waals surface area contributed by atoms with E-state index in [-0.39, 0.29) is 10.8 Å². The molecule has 0 saturated heterocycles. The van der Waals surface area contributed by atoms with Gasteiger partial charge in [-0.15, -0.1) is 11.3 Å². The van der Waals surface area contributed by atoms with Crippen molar-refractivity contribution < 1.29 is 23.5 Å². The lowest BCUT2D eigenvalue weighted by atomic mass is 10.2. The third-order valence-corrected chi connectivity index (χ3v) is 4.03. The molecule has 2 N–H and O–H groups in total. The molecule has 1 heterocycles. The van der Waals surface area contributed by atoms with Gasteiger partial charge in [-0.05, 0) is 35.6 Å². The second-order valence-electron chi connectivity index (χ2n) is 5.52. The van der Waals surface area contributed by atoms with Crippen LogP contribution < -0.4 is 10.6 Å². The molecule has 0 fully saturated rings. The van der Waals surface area contributed by atoms with Crippen LogP contribution >= 0.6 is 11.3 Å². The highest BCUT2D eigenvalue weighted by Gasteiger charge is 2.15. The lowest BCUT2D eigenvalue weighted by Crippen LogP contribution is -2.42. The molecule has 0 bridgehead atoms. The van der Waals surface area contributed by atoms with E-state index in [0.717, 1.165) is 16.0 Å². The molecule has 2 aromatic rings. The van der Waals surface area contributed by atoms with Gasteiger partial charge in [0.2, 0.25) is 0 Å². The molecule has 0 aliphatic rings. The molecule has 0 spiro atoms. The van der Waals surface area contributed by atoms with Crippen LogP contribution in [0.2, 0.25) is 0 Å². The second kappa shape index (κ2) is 7.87. The van der Waals surface area contributed by atoms with Crippen molar-refractivity contribution >= 4 is 39.3 Å². The summed E-state index contributed by atoms with van der Waals surface area (Å²) in [5.41, 5.74) is 0. The molecule has 1 aromatic carbocycles. The number of halogens is 1. The Labute approximate surface area is 142 Å². The van der Waals surface area contributed by atoms with Gasteiger partial charge in [0.05, 0.1) is 0 Å². The first kappa shape index (κ1) is 17.9. The van der Waals surface area contributed by atoms with E-state index in [1.807, 2.05) is 13.8 Å². The van der Waals surface area contributed by atoms with Crippen LogP contribution in [0.25, 0.3) is 10.1 Å². The molecule has 3 amide bonds. The third kappa shape index (κ3) is 5.02. The third-order valence-electron chi connectivity index (χ3n) is 2.94. The first-order valence-electron chi connectivity index (χ1n) is 7.29. The summed E-state index contributed by atoms with van der Waals surface area (Å²) in [5.74, 6) is -1.57. The molecule has 128 valence electrons. The van der Waals surface area contributed by atoms with Crippen molar-refractivity contribution in [3.05, 3.63) is 35.0 Å². The fourth-order valence-electron chi connectivity index (χ4n) is 1.82. The van der Waals surface area contributed by atoms with Gasteiger partial charge in [0.15, 0.2) is 6.61 Å². The molecule has 6 nitrogen and oxygen atoms in total. The van der Waals surface area contributed by atoms with Crippen molar-refractivity contribution in [2.75, 3.05) is 13.2 Å². The van der Waals surface area contributed by atoms with Crippen LogP contribution in [-0.2, 0) is 9.53 Å². The van der Waals surface area contributed by atoms with Gasteiger partial charge in [-0.2, -0.15) is 0 Å². The van der Waals surface area contributed by atoms with E-state index in [1.54, 1.807) is 6.07 Å². The minimum atomic E-state index is -0.725. The molecule has 0 radical (unpaired) electrons. The molecule has 24 heavy (non-hydrogen) atoms. The Morgan fingerprint density at radius 1 is 1.25 bits per heavy atom. The van der Waals surface area contributed by atoms with Crippen molar-refractivity contribution in [1.29, 1.82) is 0 Å². The number of amides is 3. The van der Waals surface area contributed by atoms with Crippen LogP contribution in [0.5, 0.6) is 0 Å². The van der Waals surface area contributed by atoms with Gasteiger partial charge in [-0.1, -0.05) is 13.8 Å². The van der Waals surface area contributed by atoms with E-state index < -0.39 is 30.3 Å². The Morgan fingerprint density at radius 2 is 2.00 bits per heavy atom. The molecule has 8 heteroatoms. The fraction of sp³-hybridized carbons (Fsp3) is 0.312. The number of esters is 1. The quantitative estimate of drug-likeness (QED) is 0.810. The molecule has 0 aliphatic heterocycles. The smallest absolute Gasteiger partial charge is 0.348 e. The molecular weight excluding hydrogens is 335 g/mol. The number of urea groups is 1. The summed E-state index contributed by atoms with van der Waals surface area (Å²) in [6.07, 6.45) is 0. The highest BCUT2D eigenvalue weighted by molar-refractivity contribution is 7.20. The number of thiophene rings is 1. The van der Waals surface area contributed by atoms with Crippen LogP contribution in [0.4, 0.5) is 9.18 Å². The Balaban J connectivity index is 1.85. The average molecular weight is 352 g/mol. The Morgan fingerprint density at radius 3 is 2.71 bits per heavy atom. The maximum absolute atomic E-state index is 13.1. The van der Waals surface area contributed by atoms with Gasteiger partial charge in [-0.3, -0.25) is 10.1 Å². The van der Waals surface area contributed by atoms with Crippen molar-refractivity contribution in [2.24, 2.45) is 5.92 Å². The number of ether oxygens (including phenoxy) is 1. The van der Waals surface area contributed by atoms with E-state index in [9.17, 15) is 18.8 Å². The first-order valence-corrected chi connectivity index (χ1v) is 8.10. The van der Waals surface area contributed by atoms with Crippen molar-refractivity contribution in [3.8, 4) is 0 Å². The zero-order chi connectivity index (χ0) is 17.7. The zero-order valence-corrected chi connectivity index (χ0v) is 14.0. The Kier molecular flexibility index (Phi) is 5.86. The molecule has 0 saturated carbocycles. The number of nitrogens with one attached hydrogen (secondary N) is 2. The fourth-order valence-corrected chi connectivity index (χ4v) is 2.76. The standard InChI is InChI=1S/C16H17FN2O4S/c1-9(2)7-18-16(22)19-14(20)8-23-15(21)13-6-10-5-11(17)3-4-12(10)24-13/h3-6,9H,7-8H2,1-2H3,(H2,18,19,20,22). The summed E-state index contributed by atoms with van der Waals surface area (Å²) in [4.78, 5) is 35.1. The topological polar surface area (TPSA) is 84.5 Å². The van der Waals surface area contributed by atoms with Crippen molar-refractivity contribution in [3.63, 3.8) is 0 Å². The van der Waals surface area contributed by atoms with Gasteiger partial charge in [0.25, 0.3) is 5.91 Å². The Hall–Kier alpha value is -2.48. The van der Waals surface area contributed by atoms with E-state index in [1.165, 1.54) is 18.2 Å². The summed E-state index contributed by atoms with van der Waals surface area (Å²) in [6.45, 7) is 3.69. The predicted octanol–water partition coefficient (Wildman–Crippen LogP) is 2.68. The van der Waals surface area contributed by atoms with E-state index in [4.69, 9.17) is 4.74 Å². The van der Waals surface area contributed by atoms with Gasteiger partial charge in [0.1, 0.15) is 10.7 Å². The number of fused-ring (bicyclic) bond motifs is 1. The number of carbonyl (C=O) groups is 3. The monoisotopic (exact) mass is 352 g/mol. The number of hydrogen-bond acceptors (Lipinski definition) is 5. The molecular formula is C16H17FN2O4S. The number of imide groups is 1. The molecule has 2 rings (SSSR count). The van der Waals surface area contributed by atoms with Crippen LogP contribution in [0.3, 0.4) is 0 Å². The molecule has 0 unspecified atom stereocenters. The number of rotatable bonds is 5. The largest absolute Gasteiger partial charge is 0.451 e. The number of hydrogen-bond donors (Lipinski definition) is 2. The van der Waals surface area contributed by atoms with Crippen LogP contribution in [0.15, 0.2) is 24.3 Å². The molecule has 1 aromatic heterocycles. The predicted molar refractivity (Wildman–Crippen MR) is 88.4 cm³/mol. The van der Waals surface area contributed by atoms with Gasteiger partial charge < -0.3 is 10.1 Å². The summed E-state index contributed by atoms with van der Waals surface area (Å²) in [7, 11) is 0. The highest BCUT2D eigenvalue weighted by atomic mass is 32.1. The highest BCUT2D eigenvalue weighted by Crippen LogP contribution is 2.26. The van der Waals surface area contributed by atoms with E-state index in [2.05, 4.69) is 10.6 Å². The summed E-state index contributed by atoms with van der Waals surface area (Å²) in [5, 5.41) is 5.16. The SMILES string of the molecule is CC(C)CNC(=O)NC(=O)COC(=O)c1cc2cc(F)ccc2s1. The normalized spacial score (nSPS) is 10.7. The maximum atomic E-state index is 13.1. The second-order valence-corrected chi connectivity index (χ2v) is 6.60. The van der Waals surface area contributed by atoms with Gasteiger partial charge >= 0.3 is 12.0 Å². The van der Waals surface area contributed by atoms with Crippen LogP contribution in [0.1, 0.15) is 23.5 Å². The summed E-state index contributed by atoms with van der Waals surface area (Å²) >= 11 is 1.14. The molecule has 0 atom stereocenters.